The van der Waals surface area contributed by atoms with Crippen molar-refractivity contribution in [2.75, 3.05) is 31.1 Å². The molecule has 0 radical (unpaired) electrons. The SMILES string of the molecule is CCN1CCCc2cc3c(cc21)OC1=CC2C(=CC1=N3)CCCN2CCCC(=O)C(C)C. The standard InChI is InChI=1S/C27H35N3O2/c1-4-29-11-5-8-19-14-21-26(16-23(19)29)32-27-17-24-20(15-22(27)28-21)9-6-12-30(24)13-7-10-25(31)18(2)3/h14-18,24H,4-13H2,1-3H3. The van der Waals surface area contributed by atoms with E-state index in [0.29, 0.717) is 12.2 Å². The van der Waals surface area contributed by atoms with Crippen molar-refractivity contribution in [1.82, 2.24) is 4.90 Å². The maximum absolute atomic E-state index is 12.0. The van der Waals surface area contributed by atoms with E-state index in [9.17, 15) is 4.79 Å². The number of aliphatic imine (C=N–C) groups is 1. The van der Waals surface area contributed by atoms with Gasteiger partial charge in [-0.25, -0.2) is 4.99 Å². The number of rotatable bonds is 6. The van der Waals surface area contributed by atoms with Gasteiger partial charge in [0.25, 0.3) is 0 Å². The number of hydrogen-bond donors (Lipinski definition) is 0. The zero-order valence-corrected chi connectivity index (χ0v) is 19.7. The maximum Gasteiger partial charge on any atom is 0.155 e. The number of hydrogen-bond acceptors (Lipinski definition) is 5. The number of ketones is 1. The molecule has 32 heavy (non-hydrogen) atoms. The van der Waals surface area contributed by atoms with Crippen molar-refractivity contribution in [3.8, 4) is 5.75 Å². The Morgan fingerprint density at radius 2 is 2.06 bits per heavy atom. The van der Waals surface area contributed by atoms with E-state index in [1.165, 1.54) is 23.2 Å². The summed E-state index contributed by atoms with van der Waals surface area (Å²) in [6.07, 6.45) is 10.7. The molecule has 5 nitrogen and oxygen atoms in total. The Morgan fingerprint density at radius 3 is 2.88 bits per heavy atom. The molecule has 4 aliphatic rings. The Bertz CT molecular complexity index is 1000. The first-order valence-corrected chi connectivity index (χ1v) is 12.4. The molecule has 0 spiro atoms. The molecule has 1 saturated heterocycles. The fourth-order valence-corrected chi connectivity index (χ4v) is 5.45. The summed E-state index contributed by atoms with van der Waals surface area (Å²) in [5.41, 5.74) is 6.04. The van der Waals surface area contributed by atoms with Crippen molar-refractivity contribution in [2.45, 2.75) is 65.3 Å². The summed E-state index contributed by atoms with van der Waals surface area (Å²) < 4.78 is 6.44. The van der Waals surface area contributed by atoms with Gasteiger partial charge in [-0.1, -0.05) is 13.8 Å². The van der Waals surface area contributed by atoms with Crippen LogP contribution in [-0.4, -0.2) is 48.6 Å². The van der Waals surface area contributed by atoms with E-state index in [1.54, 1.807) is 0 Å². The Kier molecular flexibility index (Phi) is 5.93. The summed E-state index contributed by atoms with van der Waals surface area (Å²) >= 11 is 0. The van der Waals surface area contributed by atoms with Crippen LogP contribution in [-0.2, 0) is 11.2 Å². The lowest BCUT2D eigenvalue weighted by Gasteiger charge is -2.39. The van der Waals surface area contributed by atoms with Gasteiger partial charge in [-0.15, -0.1) is 0 Å². The number of anilines is 1. The summed E-state index contributed by atoms with van der Waals surface area (Å²) in [6, 6.07) is 4.70. The van der Waals surface area contributed by atoms with Gasteiger partial charge in [-0.3, -0.25) is 9.69 Å². The molecule has 1 aromatic rings. The molecule has 0 aromatic heterocycles. The highest BCUT2D eigenvalue weighted by Gasteiger charge is 2.32. The van der Waals surface area contributed by atoms with Gasteiger partial charge in [-0.2, -0.15) is 0 Å². The molecule has 1 unspecified atom stereocenters. The zero-order chi connectivity index (χ0) is 22.2. The van der Waals surface area contributed by atoms with Crippen LogP contribution in [0.1, 0.15) is 58.4 Å². The molecule has 1 aromatic carbocycles. The Hall–Kier alpha value is -2.40. The molecule has 3 heterocycles. The van der Waals surface area contributed by atoms with E-state index in [4.69, 9.17) is 9.73 Å². The Balaban J connectivity index is 1.38. The molecule has 1 fully saturated rings. The van der Waals surface area contributed by atoms with Crippen LogP contribution in [0.4, 0.5) is 11.4 Å². The number of aryl methyl sites for hydroxylation is 1. The third-order valence-corrected chi connectivity index (χ3v) is 7.30. The van der Waals surface area contributed by atoms with E-state index in [0.717, 1.165) is 74.8 Å². The van der Waals surface area contributed by atoms with E-state index in [-0.39, 0.29) is 12.0 Å². The summed E-state index contributed by atoms with van der Waals surface area (Å²) in [6.45, 7) is 10.4. The van der Waals surface area contributed by atoms with Gasteiger partial charge < -0.3 is 9.64 Å². The smallest absolute Gasteiger partial charge is 0.155 e. The number of Topliss-reactive ketones (excluding diaryl/α,β-unsaturated/α-hetero) is 1. The molecule has 0 N–H and O–H groups in total. The fourth-order valence-electron chi connectivity index (χ4n) is 5.45. The fraction of sp³-hybridized carbons (Fsp3) is 0.556. The zero-order valence-electron chi connectivity index (χ0n) is 19.7. The number of piperidine rings is 1. The first-order chi connectivity index (χ1) is 15.5. The predicted octanol–water partition coefficient (Wildman–Crippen LogP) is 5.22. The molecule has 0 bridgehead atoms. The third-order valence-electron chi connectivity index (χ3n) is 7.30. The minimum Gasteiger partial charge on any atom is -0.453 e. The largest absolute Gasteiger partial charge is 0.453 e. The van der Waals surface area contributed by atoms with Crippen molar-refractivity contribution < 1.29 is 9.53 Å². The van der Waals surface area contributed by atoms with Crippen LogP contribution < -0.4 is 9.64 Å². The van der Waals surface area contributed by atoms with Crippen LogP contribution in [0, 0.1) is 5.92 Å². The summed E-state index contributed by atoms with van der Waals surface area (Å²) in [4.78, 5) is 22.0. The average molecular weight is 434 g/mol. The molecule has 3 aliphatic heterocycles. The van der Waals surface area contributed by atoms with E-state index < -0.39 is 0 Å². The second-order valence-corrected chi connectivity index (χ2v) is 9.79. The highest BCUT2D eigenvalue weighted by atomic mass is 16.5. The highest BCUT2D eigenvalue weighted by molar-refractivity contribution is 6.11. The summed E-state index contributed by atoms with van der Waals surface area (Å²) in [5.74, 6) is 2.26. The molecule has 0 saturated carbocycles. The normalized spacial score (nSPS) is 22.1. The highest BCUT2D eigenvalue weighted by Crippen LogP contribution is 2.43. The van der Waals surface area contributed by atoms with Crippen LogP contribution >= 0.6 is 0 Å². The van der Waals surface area contributed by atoms with Crippen molar-refractivity contribution in [1.29, 1.82) is 0 Å². The Labute approximate surface area is 191 Å². The lowest BCUT2D eigenvalue weighted by molar-refractivity contribution is -0.122. The van der Waals surface area contributed by atoms with Crippen molar-refractivity contribution in [3.63, 3.8) is 0 Å². The molecule has 0 amide bonds. The molecule has 5 rings (SSSR count). The molecule has 170 valence electrons. The van der Waals surface area contributed by atoms with Gasteiger partial charge in [0.2, 0.25) is 0 Å². The number of ether oxygens (including phenoxy) is 1. The molecular weight excluding hydrogens is 398 g/mol. The lowest BCUT2D eigenvalue weighted by Crippen LogP contribution is -2.43. The molecule has 1 atom stereocenters. The molecule has 5 heteroatoms. The van der Waals surface area contributed by atoms with Gasteiger partial charge >= 0.3 is 0 Å². The van der Waals surface area contributed by atoms with Crippen molar-refractivity contribution >= 4 is 22.9 Å². The van der Waals surface area contributed by atoms with Crippen molar-refractivity contribution in [2.24, 2.45) is 10.9 Å². The number of carbonyl (C=O) groups excluding carboxylic acids is 1. The minimum atomic E-state index is 0.132. The van der Waals surface area contributed by atoms with Crippen LogP contribution in [0.15, 0.2) is 40.6 Å². The number of likely N-dealkylation sites (tertiary alicyclic amines) is 1. The van der Waals surface area contributed by atoms with Crippen LogP contribution in [0.5, 0.6) is 5.75 Å². The first-order valence-electron chi connectivity index (χ1n) is 12.4. The second-order valence-electron chi connectivity index (χ2n) is 9.79. The van der Waals surface area contributed by atoms with Crippen LogP contribution in [0.25, 0.3) is 0 Å². The number of carbonyl (C=O) groups is 1. The quantitative estimate of drug-likeness (QED) is 0.617. The topological polar surface area (TPSA) is 45.1 Å². The predicted molar refractivity (Wildman–Crippen MR) is 130 cm³/mol. The van der Waals surface area contributed by atoms with Crippen molar-refractivity contribution in [3.05, 3.63) is 41.2 Å². The number of allylic oxidation sites excluding steroid dienone is 1. The summed E-state index contributed by atoms with van der Waals surface area (Å²) in [7, 11) is 0. The molecule has 1 aliphatic carbocycles. The second kappa shape index (κ2) is 8.86. The Morgan fingerprint density at radius 1 is 1.22 bits per heavy atom. The van der Waals surface area contributed by atoms with Gasteiger partial charge in [-0.05, 0) is 81.5 Å². The first kappa shape index (κ1) is 21.4. The number of fused-ring (bicyclic) bond motifs is 4. The number of benzene rings is 1. The van der Waals surface area contributed by atoms with Crippen LogP contribution in [0.2, 0.25) is 0 Å². The van der Waals surface area contributed by atoms with E-state index >= 15 is 0 Å². The number of nitrogens with zero attached hydrogens (tertiary/aromatic N) is 3. The lowest BCUT2D eigenvalue weighted by atomic mass is 9.88. The minimum absolute atomic E-state index is 0.132. The van der Waals surface area contributed by atoms with E-state index in [1.807, 2.05) is 13.8 Å². The van der Waals surface area contributed by atoms with Gasteiger partial charge in [0, 0.05) is 37.2 Å². The van der Waals surface area contributed by atoms with E-state index in [2.05, 4.69) is 41.0 Å². The third kappa shape index (κ3) is 4.03. The average Bonchev–Trinajstić information content (AvgIpc) is 2.79. The van der Waals surface area contributed by atoms with Crippen LogP contribution in [0.3, 0.4) is 0 Å². The van der Waals surface area contributed by atoms with Gasteiger partial charge in [0.05, 0.1) is 6.04 Å². The molecular formula is C27H35N3O2. The monoisotopic (exact) mass is 433 g/mol. The summed E-state index contributed by atoms with van der Waals surface area (Å²) in [5, 5.41) is 0. The maximum atomic E-state index is 12.0. The van der Waals surface area contributed by atoms with Gasteiger partial charge in [0.1, 0.15) is 17.2 Å². The van der Waals surface area contributed by atoms with Gasteiger partial charge in [0.15, 0.2) is 11.5 Å².